The Bertz CT molecular complexity index is 306. The summed E-state index contributed by atoms with van der Waals surface area (Å²) in [6, 6.07) is 8.47. The number of fused-ring (bicyclic) bond motifs is 1. The van der Waals surface area contributed by atoms with Gasteiger partial charge in [0.25, 0.3) is 0 Å². The first-order chi connectivity index (χ1) is 6.83. The topological polar surface area (TPSA) is 9.23 Å². The molecule has 14 heavy (non-hydrogen) atoms. The van der Waals surface area contributed by atoms with Crippen LogP contribution in [0.1, 0.15) is 38.2 Å². The van der Waals surface area contributed by atoms with Crippen LogP contribution in [-0.4, -0.2) is 6.61 Å². The Morgan fingerprint density at radius 2 is 2.21 bits per heavy atom. The molecular formula is C13H18O. The van der Waals surface area contributed by atoms with Crippen molar-refractivity contribution < 1.29 is 4.74 Å². The summed E-state index contributed by atoms with van der Waals surface area (Å²) in [5.41, 5.74) is 1.41. The van der Waals surface area contributed by atoms with Crippen molar-refractivity contribution >= 4 is 0 Å². The first kappa shape index (κ1) is 9.57. The van der Waals surface area contributed by atoms with Crippen LogP contribution in [0.25, 0.3) is 0 Å². The van der Waals surface area contributed by atoms with Crippen LogP contribution in [-0.2, 0) is 0 Å². The molecule has 1 aliphatic rings. The summed E-state index contributed by atoms with van der Waals surface area (Å²) in [6.07, 6.45) is 2.42. The summed E-state index contributed by atoms with van der Waals surface area (Å²) in [7, 11) is 0. The molecule has 76 valence electrons. The van der Waals surface area contributed by atoms with E-state index in [4.69, 9.17) is 4.74 Å². The lowest BCUT2D eigenvalue weighted by Gasteiger charge is -2.29. The SMILES string of the molecule is CCC(C)C1CCOc2ccccc21. The Kier molecular flexibility index (Phi) is 2.76. The summed E-state index contributed by atoms with van der Waals surface area (Å²) in [6.45, 7) is 5.49. The molecule has 2 atom stereocenters. The van der Waals surface area contributed by atoms with Gasteiger partial charge in [0.1, 0.15) is 5.75 Å². The molecule has 2 rings (SSSR count). The number of rotatable bonds is 2. The smallest absolute Gasteiger partial charge is 0.122 e. The van der Waals surface area contributed by atoms with Crippen LogP contribution in [0.5, 0.6) is 5.75 Å². The number of para-hydroxylation sites is 1. The second kappa shape index (κ2) is 4.04. The van der Waals surface area contributed by atoms with Gasteiger partial charge < -0.3 is 4.74 Å². The van der Waals surface area contributed by atoms with Crippen LogP contribution in [0, 0.1) is 5.92 Å². The van der Waals surface area contributed by atoms with Crippen LogP contribution in [0.15, 0.2) is 24.3 Å². The summed E-state index contributed by atoms with van der Waals surface area (Å²) in [5, 5.41) is 0. The van der Waals surface area contributed by atoms with E-state index in [0.717, 1.165) is 18.3 Å². The Morgan fingerprint density at radius 1 is 1.43 bits per heavy atom. The van der Waals surface area contributed by atoms with Crippen molar-refractivity contribution in [2.24, 2.45) is 5.92 Å². The summed E-state index contributed by atoms with van der Waals surface area (Å²) < 4.78 is 5.65. The first-order valence-corrected chi connectivity index (χ1v) is 5.54. The van der Waals surface area contributed by atoms with Gasteiger partial charge in [-0.05, 0) is 29.9 Å². The normalized spacial score (nSPS) is 22.3. The molecule has 0 amide bonds. The maximum absolute atomic E-state index is 5.65. The zero-order chi connectivity index (χ0) is 9.97. The fraction of sp³-hybridized carbons (Fsp3) is 0.538. The minimum absolute atomic E-state index is 0.699. The van der Waals surface area contributed by atoms with Gasteiger partial charge in [0.05, 0.1) is 6.61 Å². The van der Waals surface area contributed by atoms with Crippen molar-refractivity contribution in [1.29, 1.82) is 0 Å². The molecule has 1 aliphatic heterocycles. The Hall–Kier alpha value is -0.980. The number of benzene rings is 1. The number of hydrogen-bond donors (Lipinski definition) is 0. The molecule has 0 saturated carbocycles. The average Bonchev–Trinajstić information content (AvgIpc) is 2.27. The fourth-order valence-corrected chi connectivity index (χ4v) is 2.25. The van der Waals surface area contributed by atoms with Crippen LogP contribution in [0.4, 0.5) is 0 Å². The lowest BCUT2D eigenvalue weighted by molar-refractivity contribution is 0.240. The standard InChI is InChI=1S/C13H18O/c1-3-10(2)11-8-9-14-13-7-5-4-6-12(11)13/h4-7,10-11H,3,8-9H2,1-2H3. The summed E-state index contributed by atoms with van der Waals surface area (Å²) in [4.78, 5) is 0. The third kappa shape index (κ3) is 1.63. The van der Waals surface area contributed by atoms with E-state index in [2.05, 4.69) is 38.1 Å². The molecular weight excluding hydrogens is 172 g/mol. The van der Waals surface area contributed by atoms with E-state index >= 15 is 0 Å². The average molecular weight is 190 g/mol. The Labute approximate surface area is 86.1 Å². The van der Waals surface area contributed by atoms with E-state index < -0.39 is 0 Å². The Balaban J connectivity index is 2.30. The van der Waals surface area contributed by atoms with Crippen LogP contribution >= 0.6 is 0 Å². The van der Waals surface area contributed by atoms with Gasteiger partial charge in [0.15, 0.2) is 0 Å². The van der Waals surface area contributed by atoms with Crippen LogP contribution in [0.2, 0.25) is 0 Å². The maximum Gasteiger partial charge on any atom is 0.122 e. The number of hydrogen-bond acceptors (Lipinski definition) is 1. The van der Waals surface area contributed by atoms with Crippen LogP contribution < -0.4 is 4.74 Å². The van der Waals surface area contributed by atoms with Crippen molar-refractivity contribution in [3.63, 3.8) is 0 Å². The molecule has 1 heterocycles. The highest BCUT2D eigenvalue weighted by atomic mass is 16.5. The van der Waals surface area contributed by atoms with E-state index in [-0.39, 0.29) is 0 Å². The van der Waals surface area contributed by atoms with Gasteiger partial charge in [-0.15, -0.1) is 0 Å². The summed E-state index contributed by atoms with van der Waals surface area (Å²) in [5.74, 6) is 2.56. The molecule has 1 nitrogen and oxygen atoms in total. The minimum atomic E-state index is 0.699. The van der Waals surface area contributed by atoms with Gasteiger partial charge in [-0.2, -0.15) is 0 Å². The maximum atomic E-state index is 5.65. The molecule has 0 N–H and O–H groups in total. The van der Waals surface area contributed by atoms with E-state index in [9.17, 15) is 0 Å². The molecule has 0 fully saturated rings. The van der Waals surface area contributed by atoms with Crippen LogP contribution in [0.3, 0.4) is 0 Å². The second-order valence-electron chi connectivity index (χ2n) is 4.17. The van der Waals surface area contributed by atoms with Gasteiger partial charge in [-0.25, -0.2) is 0 Å². The second-order valence-corrected chi connectivity index (χ2v) is 4.17. The fourth-order valence-electron chi connectivity index (χ4n) is 2.25. The molecule has 1 aromatic carbocycles. The van der Waals surface area contributed by atoms with Crippen molar-refractivity contribution in [3.05, 3.63) is 29.8 Å². The van der Waals surface area contributed by atoms with Gasteiger partial charge in [-0.3, -0.25) is 0 Å². The van der Waals surface area contributed by atoms with Gasteiger partial charge in [0.2, 0.25) is 0 Å². The lowest BCUT2D eigenvalue weighted by Crippen LogP contribution is -2.19. The monoisotopic (exact) mass is 190 g/mol. The number of ether oxygens (including phenoxy) is 1. The molecule has 2 unspecified atom stereocenters. The van der Waals surface area contributed by atoms with Gasteiger partial charge >= 0.3 is 0 Å². The minimum Gasteiger partial charge on any atom is -0.493 e. The molecule has 0 aliphatic carbocycles. The molecule has 0 spiro atoms. The predicted molar refractivity (Wildman–Crippen MR) is 58.8 cm³/mol. The van der Waals surface area contributed by atoms with Gasteiger partial charge in [-0.1, -0.05) is 38.5 Å². The van der Waals surface area contributed by atoms with Gasteiger partial charge in [0, 0.05) is 0 Å². The highest BCUT2D eigenvalue weighted by Gasteiger charge is 2.24. The molecule has 0 aromatic heterocycles. The zero-order valence-corrected chi connectivity index (χ0v) is 8.99. The van der Waals surface area contributed by atoms with E-state index in [0.29, 0.717) is 5.92 Å². The zero-order valence-electron chi connectivity index (χ0n) is 8.99. The first-order valence-electron chi connectivity index (χ1n) is 5.54. The molecule has 1 heteroatoms. The largest absolute Gasteiger partial charge is 0.493 e. The third-order valence-electron chi connectivity index (χ3n) is 3.34. The highest BCUT2D eigenvalue weighted by molar-refractivity contribution is 5.38. The lowest BCUT2D eigenvalue weighted by atomic mass is 9.82. The molecule has 0 bridgehead atoms. The van der Waals surface area contributed by atoms with E-state index in [1.54, 1.807) is 0 Å². The molecule has 0 radical (unpaired) electrons. The quantitative estimate of drug-likeness (QED) is 0.692. The van der Waals surface area contributed by atoms with Crippen molar-refractivity contribution in [2.45, 2.75) is 32.6 Å². The van der Waals surface area contributed by atoms with Crippen molar-refractivity contribution in [1.82, 2.24) is 0 Å². The third-order valence-corrected chi connectivity index (χ3v) is 3.34. The van der Waals surface area contributed by atoms with E-state index in [1.165, 1.54) is 18.4 Å². The van der Waals surface area contributed by atoms with E-state index in [1.807, 2.05) is 0 Å². The summed E-state index contributed by atoms with van der Waals surface area (Å²) >= 11 is 0. The molecule has 1 aromatic rings. The van der Waals surface area contributed by atoms with Crippen molar-refractivity contribution in [2.75, 3.05) is 6.61 Å². The molecule has 0 saturated heterocycles. The van der Waals surface area contributed by atoms with Crippen molar-refractivity contribution in [3.8, 4) is 5.75 Å². The predicted octanol–water partition coefficient (Wildman–Crippen LogP) is 3.60. The highest BCUT2D eigenvalue weighted by Crippen LogP contribution is 2.38. The Morgan fingerprint density at radius 3 is 3.00 bits per heavy atom.